The zero-order valence-corrected chi connectivity index (χ0v) is 14.6. The first-order chi connectivity index (χ1) is 11.7. The fourth-order valence-electron chi connectivity index (χ4n) is 3.18. The Morgan fingerprint density at radius 3 is 2.33 bits per heavy atom. The van der Waals surface area contributed by atoms with Crippen molar-refractivity contribution in [3.63, 3.8) is 0 Å². The number of hydrogen-bond donors (Lipinski definition) is 2. The number of thioether (sulfide) groups is 1. The van der Waals surface area contributed by atoms with Crippen LogP contribution in [0, 0.1) is 0 Å². The number of carbonyl (C=O) groups is 1. The van der Waals surface area contributed by atoms with Crippen molar-refractivity contribution >= 4 is 17.7 Å². The van der Waals surface area contributed by atoms with E-state index < -0.39 is 0 Å². The van der Waals surface area contributed by atoms with Gasteiger partial charge >= 0.3 is 0 Å². The van der Waals surface area contributed by atoms with Gasteiger partial charge in [0, 0.05) is 22.8 Å². The van der Waals surface area contributed by atoms with Gasteiger partial charge in [0.1, 0.15) is 0 Å². The zero-order valence-electron chi connectivity index (χ0n) is 13.8. The van der Waals surface area contributed by atoms with Gasteiger partial charge in [-0.25, -0.2) is 0 Å². The van der Waals surface area contributed by atoms with Gasteiger partial charge in [-0.15, -0.1) is 11.8 Å². The first kappa shape index (κ1) is 17.1. The molecule has 3 nitrogen and oxygen atoms in total. The van der Waals surface area contributed by atoms with Crippen molar-refractivity contribution in [1.82, 2.24) is 5.32 Å². The normalized spacial score (nSPS) is 16.0. The molecular formula is C20H24N2OS. The highest BCUT2D eigenvalue weighted by atomic mass is 32.2. The molecule has 0 bridgehead atoms. The van der Waals surface area contributed by atoms with Crippen LogP contribution in [0.2, 0.25) is 0 Å². The maximum atomic E-state index is 12.5. The molecule has 3 rings (SSSR count). The van der Waals surface area contributed by atoms with Crippen molar-refractivity contribution in [3.8, 4) is 0 Å². The molecule has 1 aliphatic rings. The summed E-state index contributed by atoms with van der Waals surface area (Å²) in [6.45, 7) is 0.518. The van der Waals surface area contributed by atoms with Gasteiger partial charge in [-0.05, 0) is 42.7 Å². The van der Waals surface area contributed by atoms with Crippen molar-refractivity contribution < 1.29 is 4.79 Å². The fourth-order valence-corrected chi connectivity index (χ4v) is 4.06. The van der Waals surface area contributed by atoms with Crippen LogP contribution in [0.1, 0.15) is 41.6 Å². The number of nitrogens with two attached hydrogens (primary N) is 1. The van der Waals surface area contributed by atoms with E-state index in [0.717, 1.165) is 31.4 Å². The summed E-state index contributed by atoms with van der Waals surface area (Å²) in [5.74, 6) is 0.892. The second-order valence-corrected chi connectivity index (χ2v) is 7.49. The molecule has 1 saturated carbocycles. The molecule has 1 aliphatic carbocycles. The monoisotopic (exact) mass is 340 g/mol. The Kier molecular flexibility index (Phi) is 5.59. The Morgan fingerprint density at radius 1 is 1.04 bits per heavy atom. The van der Waals surface area contributed by atoms with Crippen LogP contribution in [-0.4, -0.2) is 18.0 Å². The summed E-state index contributed by atoms with van der Waals surface area (Å²) < 4.78 is 0. The quantitative estimate of drug-likeness (QED) is 0.782. The third-order valence-corrected chi connectivity index (χ3v) is 5.78. The minimum Gasteiger partial charge on any atom is -0.345 e. The van der Waals surface area contributed by atoms with Crippen molar-refractivity contribution in [3.05, 3.63) is 65.7 Å². The summed E-state index contributed by atoms with van der Waals surface area (Å²) in [6.07, 6.45) is 4.27. The molecule has 0 radical (unpaired) electrons. The number of benzene rings is 2. The van der Waals surface area contributed by atoms with Gasteiger partial charge in [0.25, 0.3) is 5.91 Å². The Hall–Kier alpha value is -1.78. The second-order valence-electron chi connectivity index (χ2n) is 6.44. The smallest absolute Gasteiger partial charge is 0.251 e. The highest BCUT2D eigenvalue weighted by molar-refractivity contribution is 7.98. The van der Waals surface area contributed by atoms with Crippen molar-refractivity contribution in [2.24, 2.45) is 5.73 Å². The van der Waals surface area contributed by atoms with Crippen LogP contribution in [0.25, 0.3) is 0 Å². The van der Waals surface area contributed by atoms with Gasteiger partial charge in [0.05, 0.1) is 5.54 Å². The third-order valence-electron chi connectivity index (χ3n) is 4.69. The molecule has 0 atom stereocenters. The third kappa shape index (κ3) is 4.19. The van der Waals surface area contributed by atoms with E-state index in [9.17, 15) is 4.79 Å². The van der Waals surface area contributed by atoms with E-state index in [1.165, 1.54) is 10.5 Å². The Labute approximate surface area is 148 Å². The second kappa shape index (κ2) is 7.86. The lowest BCUT2D eigenvalue weighted by atomic mass is 9.97. The summed E-state index contributed by atoms with van der Waals surface area (Å²) in [7, 11) is 0. The SMILES string of the molecule is NCC1(NC(=O)c2ccc(CSc3ccccc3)cc2)CCCC1. The van der Waals surface area contributed by atoms with Crippen molar-refractivity contribution in [2.75, 3.05) is 6.54 Å². The summed E-state index contributed by atoms with van der Waals surface area (Å²) in [5.41, 5.74) is 7.63. The number of hydrogen-bond acceptors (Lipinski definition) is 3. The number of carbonyl (C=O) groups excluding carboxylic acids is 1. The largest absolute Gasteiger partial charge is 0.345 e. The van der Waals surface area contributed by atoms with Gasteiger partial charge in [0.15, 0.2) is 0 Å². The molecule has 0 heterocycles. The highest BCUT2D eigenvalue weighted by Crippen LogP contribution is 2.29. The van der Waals surface area contributed by atoms with Gasteiger partial charge in [-0.2, -0.15) is 0 Å². The number of nitrogens with one attached hydrogen (secondary N) is 1. The van der Waals surface area contributed by atoms with Crippen LogP contribution in [0.3, 0.4) is 0 Å². The van der Waals surface area contributed by atoms with Gasteiger partial charge in [0.2, 0.25) is 0 Å². The number of amides is 1. The highest BCUT2D eigenvalue weighted by Gasteiger charge is 2.33. The van der Waals surface area contributed by atoms with Crippen LogP contribution in [0.5, 0.6) is 0 Å². The molecule has 3 N–H and O–H groups in total. The van der Waals surface area contributed by atoms with E-state index in [1.807, 2.05) is 42.5 Å². The maximum absolute atomic E-state index is 12.5. The van der Waals surface area contributed by atoms with Gasteiger partial charge < -0.3 is 11.1 Å². The molecular weight excluding hydrogens is 316 g/mol. The van der Waals surface area contributed by atoms with Crippen LogP contribution in [0.4, 0.5) is 0 Å². The predicted octanol–water partition coefficient (Wildman–Crippen LogP) is 3.98. The molecule has 126 valence electrons. The first-order valence-electron chi connectivity index (χ1n) is 8.50. The van der Waals surface area contributed by atoms with Crippen molar-refractivity contribution in [1.29, 1.82) is 0 Å². The molecule has 2 aromatic rings. The fraction of sp³-hybridized carbons (Fsp3) is 0.350. The number of rotatable bonds is 6. The lowest BCUT2D eigenvalue weighted by molar-refractivity contribution is 0.0903. The average molecular weight is 340 g/mol. The molecule has 1 amide bonds. The van der Waals surface area contributed by atoms with E-state index >= 15 is 0 Å². The molecule has 1 fully saturated rings. The molecule has 24 heavy (non-hydrogen) atoms. The van der Waals surface area contributed by atoms with Crippen LogP contribution in [-0.2, 0) is 5.75 Å². The van der Waals surface area contributed by atoms with E-state index in [0.29, 0.717) is 12.1 Å². The standard InChI is InChI=1S/C20H24N2OS/c21-15-20(12-4-5-13-20)22-19(23)17-10-8-16(9-11-17)14-24-18-6-2-1-3-7-18/h1-3,6-11H,4-5,12-15,21H2,(H,22,23). The lowest BCUT2D eigenvalue weighted by Gasteiger charge is -2.28. The molecule has 4 heteroatoms. The minimum atomic E-state index is -0.196. The summed E-state index contributed by atoms with van der Waals surface area (Å²) in [4.78, 5) is 13.7. The predicted molar refractivity (Wildman–Crippen MR) is 100 cm³/mol. The van der Waals surface area contributed by atoms with Crippen LogP contribution < -0.4 is 11.1 Å². The topological polar surface area (TPSA) is 55.1 Å². The van der Waals surface area contributed by atoms with E-state index in [4.69, 9.17) is 5.73 Å². The van der Waals surface area contributed by atoms with Crippen molar-refractivity contribution in [2.45, 2.75) is 41.9 Å². The molecule has 0 saturated heterocycles. The van der Waals surface area contributed by atoms with E-state index in [1.54, 1.807) is 11.8 Å². The van der Waals surface area contributed by atoms with Crippen LogP contribution in [0.15, 0.2) is 59.5 Å². The summed E-state index contributed by atoms with van der Waals surface area (Å²) in [6, 6.07) is 18.2. The van der Waals surface area contributed by atoms with E-state index in [2.05, 4.69) is 17.4 Å². The summed E-state index contributed by atoms with van der Waals surface area (Å²) >= 11 is 1.80. The molecule has 0 spiro atoms. The minimum absolute atomic E-state index is 0.00962. The molecule has 0 unspecified atom stereocenters. The van der Waals surface area contributed by atoms with E-state index in [-0.39, 0.29) is 11.4 Å². The lowest BCUT2D eigenvalue weighted by Crippen LogP contribution is -2.51. The Balaban J connectivity index is 1.58. The first-order valence-corrected chi connectivity index (χ1v) is 9.49. The zero-order chi connectivity index (χ0) is 16.8. The molecule has 2 aromatic carbocycles. The molecule has 0 aromatic heterocycles. The van der Waals surface area contributed by atoms with Gasteiger partial charge in [-0.3, -0.25) is 4.79 Å². The maximum Gasteiger partial charge on any atom is 0.251 e. The average Bonchev–Trinajstić information content (AvgIpc) is 3.10. The Bertz CT molecular complexity index is 664. The molecule has 0 aliphatic heterocycles. The van der Waals surface area contributed by atoms with Crippen LogP contribution >= 0.6 is 11.8 Å². The summed E-state index contributed by atoms with van der Waals surface area (Å²) in [5, 5.41) is 3.17. The Morgan fingerprint density at radius 2 is 1.71 bits per heavy atom. The van der Waals surface area contributed by atoms with Gasteiger partial charge in [-0.1, -0.05) is 43.2 Å².